The van der Waals surface area contributed by atoms with E-state index in [9.17, 15) is 4.79 Å². The smallest absolute Gasteiger partial charge is 0.283 e. The van der Waals surface area contributed by atoms with Crippen LogP contribution in [0.15, 0.2) is 71.8 Å². The van der Waals surface area contributed by atoms with Crippen LogP contribution in [0.25, 0.3) is 27.6 Å². The molecule has 0 saturated heterocycles. The molecule has 31 heavy (non-hydrogen) atoms. The molecule has 5 aromatic rings. The molecule has 0 radical (unpaired) electrons. The Morgan fingerprint density at radius 1 is 1.10 bits per heavy atom. The molecule has 0 aliphatic carbocycles. The van der Waals surface area contributed by atoms with E-state index in [2.05, 4.69) is 4.98 Å². The highest BCUT2D eigenvalue weighted by molar-refractivity contribution is 6.31. The highest BCUT2D eigenvalue weighted by atomic mass is 35.5. The number of imidazole rings is 1. The van der Waals surface area contributed by atoms with Gasteiger partial charge in [-0.15, -0.1) is 0 Å². The number of ether oxygens (including phenoxy) is 1. The summed E-state index contributed by atoms with van der Waals surface area (Å²) in [6.07, 6.45) is 3.93. The van der Waals surface area contributed by atoms with E-state index in [1.54, 1.807) is 36.2 Å². The van der Waals surface area contributed by atoms with E-state index in [0.29, 0.717) is 22.6 Å². The van der Waals surface area contributed by atoms with Crippen LogP contribution >= 0.6 is 11.6 Å². The Morgan fingerprint density at radius 2 is 1.90 bits per heavy atom. The Bertz CT molecular complexity index is 1470. The summed E-state index contributed by atoms with van der Waals surface area (Å²) in [5, 5.41) is 1.46. The van der Waals surface area contributed by atoms with Gasteiger partial charge in [-0.2, -0.15) is 0 Å². The van der Waals surface area contributed by atoms with Crippen LogP contribution in [0.5, 0.6) is 5.75 Å². The molecule has 3 heterocycles. The van der Waals surface area contributed by atoms with Crippen LogP contribution in [0.3, 0.4) is 0 Å². The number of methoxy groups -OCH3 is 1. The molecule has 0 aliphatic rings. The minimum Gasteiger partial charge on any atom is -0.497 e. The minimum absolute atomic E-state index is 0.200. The van der Waals surface area contributed by atoms with Gasteiger partial charge in [-0.05, 0) is 48.0 Å². The van der Waals surface area contributed by atoms with Crippen molar-refractivity contribution in [3.8, 4) is 11.4 Å². The van der Waals surface area contributed by atoms with E-state index in [1.807, 2.05) is 54.1 Å². The van der Waals surface area contributed by atoms with Crippen molar-refractivity contribution in [3.63, 3.8) is 0 Å². The summed E-state index contributed by atoms with van der Waals surface area (Å²) in [7, 11) is 3.58. The van der Waals surface area contributed by atoms with E-state index in [0.717, 1.165) is 33.6 Å². The number of pyridine rings is 2. The third kappa shape index (κ3) is 3.25. The molecule has 0 bridgehead atoms. The van der Waals surface area contributed by atoms with Crippen molar-refractivity contribution in [1.82, 2.24) is 19.1 Å². The fraction of sp³-hybridized carbons (Fsp3) is 0.125. The number of hydrogen-bond donors (Lipinski definition) is 0. The molecule has 2 aromatic carbocycles. The van der Waals surface area contributed by atoms with E-state index < -0.39 is 0 Å². The van der Waals surface area contributed by atoms with Gasteiger partial charge in [0, 0.05) is 30.1 Å². The number of nitrogens with zero attached hydrogens (tertiary/aromatic N) is 4. The van der Waals surface area contributed by atoms with Gasteiger partial charge in [0.25, 0.3) is 5.56 Å². The summed E-state index contributed by atoms with van der Waals surface area (Å²) < 4.78 is 8.86. The lowest BCUT2D eigenvalue weighted by atomic mass is 10.1. The number of benzene rings is 2. The maximum Gasteiger partial charge on any atom is 0.283 e. The minimum atomic E-state index is -0.200. The molecule has 3 aromatic heterocycles. The molecule has 0 spiro atoms. The first kappa shape index (κ1) is 19.3. The number of aryl methyl sites for hydroxylation is 1. The third-order valence-corrected chi connectivity index (χ3v) is 5.71. The summed E-state index contributed by atoms with van der Waals surface area (Å²) in [6, 6.07) is 17.1. The topological polar surface area (TPSA) is 61.9 Å². The van der Waals surface area contributed by atoms with Crippen LogP contribution in [0.4, 0.5) is 0 Å². The molecule has 0 fully saturated rings. The van der Waals surface area contributed by atoms with Crippen LogP contribution in [-0.4, -0.2) is 26.2 Å². The summed E-state index contributed by atoms with van der Waals surface area (Å²) in [4.78, 5) is 22.5. The number of hydrogen-bond acceptors (Lipinski definition) is 4. The first-order valence-electron chi connectivity index (χ1n) is 9.79. The second-order valence-electron chi connectivity index (χ2n) is 7.32. The van der Waals surface area contributed by atoms with Crippen molar-refractivity contribution in [1.29, 1.82) is 0 Å². The summed E-state index contributed by atoms with van der Waals surface area (Å²) in [6.45, 7) is 0. The molecule has 0 amide bonds. The van der Waals surface area contributed by atoms with Crippen LogP contribution in [0.2, 0.25) is 5.02 Å². The highest BCUT2D eigenvalue weighted by Gasteiger charge is 2.19. The highest BCUT2D eigenvalue weighted by Crippen LogP contribution is 2.28. The van der Waals surface area contributed by atoms with Gasteiger partial charge >= 0.3 is 0 Å². The predicted molar refractivity (Wildman–Crippen MR) is 122 cm³/mol. The van der Waals surface area contributed by atoms with Crippen molar-refractivity contribution in [3.05, 3.63) is 93.8 Å². The SMILES string of the molecule is COc1ccc(Cc2nc3c(=O)n(-c4cccnc4)c4cc(Cl)ccc4c3n2C)cc1. The van der Waals surface area contributed by atoms with Crippen LogP contribution in [0, 0.1) is 0 Å². The zero-order valence-electron chi connectivity index (χ0n) is 17.0. The molecule has 7 heteroatoms. The number of rotatable bonds is 4. The predicted octanol–water partition coefficient (Wildman–Crippen LogP) is 4.53. The van der Waals surface area contributed by atoms with Gasteiger partial charge in [0.15, 0.2) is 5.52 Å². The zero-order chi connectivity index (χ0) is 21.5. The molecular formula is C24H19ClN4O2. The van der Waals surface area contributed by atoms with Crippen molar-refractivity contribution in [2.45, 2.75) is 6.42 Å². The molecule has 0 saturated carbocycles. The Kier molecular flexibility index (Phi) is 4.71. The summed E-state index contributed by atoms with van der Waals surface area (Å²) in [5.41, 5.74) is 3.49. The summed E-state index contributed by atoms with van der Waals surface area (Å²) in [5.74, 6) is 1.61. The second kappa shape index (κ2) is 7.56. The maximum absolute atomic E-state index is 13.6. The fourth-order valence-corrected chi connectivity index (χ4v) is 4.10. The lowest BCUT2D eigenvalue weighted by Crippen LogP contribution is -2.19. The molecule has 5 rings (SSSR count). The molecule has 0 N–H and O–H groups in total. The second-order valence-corrected chi connectivity index (χ2v) is 7.76. The average Bonchev–Trinajstić information content (AvgIpc) is 3.12. The quantitative estimate of drug-likeness (QED) is 0.420. The first-order chi connectivity index (χ1) is 15.1. The molecule has 0 atom stereocenters. The van der Waals surface area contributed by atoms with Gasteiger partial charge in [-0.1, -0.05) is 23.7 Å². The molecular weight excluding hydrogens is 412 g/mol. The van der Waals surface area contributed by atoms with Gasteiger partial charge in [0.2, 0.25) is 0 Å². The van der Waals surface area contributed by atoms with Crippen molar-refractivity contribution in [2.24, 2.45) is 7.05 Å². The Balaban J connectivity index is 1.77. The molecule has 0 aliphatic heterocycles. The van der Waals surface area contributed by atoms with E-state index in [-0.39, 0.29) is 5.56 Å². The van der Waals surface area contributed by atoms with E-state index in [4.69, 9.17) is 21.3 Å². The van der Waals surface area contributed by atoms with Gasteiger partial charge in [-0.3, -0.25) is 14.3 Å². The fourth-order valence-electron chi connectivity index (χ4n) is 3.93. The van der Waals surface area contributed by atoms with Crippen molar-refractivity contribution in [2.75, 3.05) is 7.11 Å². The van der Waals surface area contributed by atoms with Crippen LogP contribution in [0.1, 0.15) is 11.4 Å². The third-order valence-electron chi connectivity index (χ3n) is 5.47. The van der Waals surface area contributed by atoms with Crippen molar-refractivity contribution >= 4 is 33.5 Å². The lowest BCUT2D eigenvalue weighted by Gasteiger charge is -2.12. The number of fused-ring (bicyclic) bond motifs is 3. The van der Waals surface area contributed by atoms with Crippen molar-refractivity contribution < 1.29 is 4.74 Å². The number of aromatic nitrogens is 4. The largest absolute Gasteiger partial charge is 0.497 e. The molecule has 6 nitrogen and oxygen atoms in total. The van der Waals surface area contributed by atoms with Crippen LogP contribution in [-0.2, 0) is 13.5 Å². The van der Waals surface area contributed by atoms with Crippen LogP contribution < -0.4 is 10.3 Å². The molecule has 0 unspecified atom stereocenters. The molecule has 154 valence electrons. The zero-order valence-corrected chi connectivity index (χ0v) is 17.8. The van der Waals surface area contributed by atoms with Gasteiger partial charge in [0.1, 0.15) is 11.6 Å². The maximum atomic E-state index is 13.6. The lowest BCUT2D eigenvalue weighted by molar-refractivity contribution is 0.414. The average molecular weight is 431 g/mol. The van der Waals surface area contributed by atoms with Gasteiger partial charge < -0.3 is 9.30 Å². The van der Waals surface area contributed by atoms with E-state index in [1.165, 1.54) is 0 Å². The van der Waals surface area contributed by atoms with Gasteiger partial charge in [-0.25, -0.2) is 4.98 Å². The summed E-state index contributed by atoms with van der Waals surface area (Å²) >= 11 is 6.30. The Morgan fingerprint density at radius 3 is 2.61 bits per heavy atom. The van der Waals surface area contributed by atoms with E-state index >= 15 is 0 Å². The van der Waals surface area contributed by atoms with Gasteiger partial charge in [0.05, 0.1) is 30.0 Å². The Hall–Kier alpha value is -3.64. The first-order valence-corrected chi connectivity index (χ1v) is 10.2. The normalized spacial score (nSPS) is 11.3. The monoisotopic (exact) mass is 430 g/mol. The Labute approximate surface area is 183 Å². The number of halogens is 1. The standard InChI is InChI=1S/C24H19ClN4O2/c1-28-21(12-15-5-8-18(31-2)9-6-15)27-22-23(28)19-10-7-16(25)13-20(19)29(24(22)30)17-4-3-11-26-14-17/h3-11,13-14H,12H2,1-2H3.